The van der Waals surface area contributed by atoms with Gasteiger partial charge in [-0.05, 0) is 26.6 Å². The summed E-state index contributed by atoms with van der Waals surface area (Å²) in [4.78, 5) is 4.19. The van der Waals surface area contributed by atoms with E-state index in [0.29, 0.717) is 0 Å². The van der Waals surface area contributed by atoms with Crippen molar-refractivity contribution in [2.45, 2.75) is 33.0 Å². The van der Waals surface area contributed by atoms with Crippen LogP contribution in [-0.4, -0.2) is 21.1 Å². The Labute approximate surface area is 75.5 Å². The van der Waals surface area contributed by atoms with Crippen LogP contribution in [0.15, 0.2) is 16.3 Å². The van der Waals surface area contributed by atoms with Gasteiger partial charge in [0.25, 0.3) is 0 Å². The van der Waals surface area contributed by atoms with Gasteiger partial charge in [-0.1, -0.05) is 0 Å². The van der Waals surface area contributed by atoms with Gasteiger partial charge in [0.1, 0.15) is 0 Å². The largest absolute Gasteiger partial charge is 0.547 e. The Bertz CT molecular complexity index is 225. The monoisotopic (exact) mass is 183 g/mol. The molecule has 0 aromatic rings. The summed E-state index contributed by atoms with van der Waals surface area (Å²) in [7, 11) is -1.41. The van der Waals surface area contributed by atoms with E-state index in [1.54, 1.807) is 0 Å². The van der Waals surface area contributed by atoms with Crippen molar-refractivity contribution >= 4 is 14.5 Å². The molecule has 0 aromatic heterocycles. The number of allylic oxidation sites excluding steroid dienone is 1. The van der Waals surface area contributed by atoms with Crippen molar-refractivity contribution in [3.63, 3.8) is 0 Å². The highest BCUT2D eigenvalue weighted by Gasteiger charge is 2.19. The average Bonchev–Trinajstić information content (AvgIpc) is 1.91. The fraction of sp³-hybridized carbons (Fsp3) is 0.667. The van der Waals surface area contributed by atoms with Crippen LogP contribution >= 0.6 is 0 Å². The zero-order valence-corrected chi connectivity index (χ0v) is 9.35. The Morgan fingerprint density at radius 1 is 1.42 bits per heavy atom. The van der Waals surface area contributed by atoms with E-state index in [-0.39, 0.29) is 0 Å². The lowest BCUT2D eigenvalue weighted by Gasteiger charge is -2.24. The molecule has 0 N–H and O–H groups in total. The van der Waals surface area contributed by atoms with E-state index in [9.17, 15) is 0 Å². The minimum Gasteiger partial charge on any atom is -0.547 e. The summed E-state index contributed by atoms with van der Waals surface area (Å²) in [6, 6.07) is 0. The Balaban J connectivity index is 2.68. The third-order valence-electron chi connectivity index (χ3n) is 1.62. The minimum atomic E-state index is -1.41. The third-order valence-corrected chi connectivity index (χ3v) is 2.48. The lowest BCUT2D eigenvalue weighted by Crippen LogP contribution is -2.26. The molecule has 0 amide bonds. The highest BCUT2D eigenvalue weighted by molar-refractivity contribution is 6.70. The van der Waals surface area contributed by atoms with Crippen LogP contribution in [0.5, 0.6) is 0 Å². The molecule has 0 aromatic carbocycles. The van der Waals surface area contributed by atoms with Crippen LogP contribution in [0.1, 0.15) is 13.3 Å². The molecule has 0 unspecified atom stereocenters. The van der Waals surface area contributed by atoms with Crippen molar-refractivity contribution in [1.82, 2.24) is 0 Å². The second-order valence-corrected chi connectivity index (χ2v) is 8.53. The molecule has 1 aliphatic rings. The van der Waals surface area contributed by atoms with E-state index >= 15 is 0 Å². The second kappa shape index (κ2) is 3.43. The number of hydrogen-bond acceptors (Lipinski definition) is 2. The first-order valence-corrected chi connectivity index (χ1v) is 7.78. The molecule has 0 fully saturated rings. The summed E-state index contributed by atoms with van der Waals surface area (Å²) in [5.74, 6) is 1.16. The van der Waals surface area contributed by atoms with E-state index < -0.39 is 8.32 Å². The Hall–Kier alpha value is -0.573. The summed E-state index contributed by atoms with van der Waals surface area (Å²) in [6.45, 7) is 9.58. The van der Waals surface area contributed by atoms with Crippen LogP contribution < -0.4 is 0 Å². The number of dihydropyridines is 1. The quantitative estimate of drug-likeness (QED) is 0.603. The standard InChI is InChI=1S/C9H17NOSi/c1-8-7-10-6-5-9(8)11-12(2,3)4/h7H,5-6H2,1-4H3. The molecule has 12 heavy (non-hydrogen) atoms. The number of hydrogen-bond donors (Lipinski definition) is 0. The van der Waals surface area contributed by atoms with Crippen molar-refractivity contribution in [1.29, 1.82) is 0 Å². The Morgan fingerprint density at radius 3 is 2.58 bits per heavy atom. The molecule has 0 bridgehead atoms. The van der Waals surface area contributed by atoms with E-state index in [0.717, 1.165) is 18.7 Å². The first-order chi connectivity index (χ1) is 5.49. The van der Waals surface area contributed by atoms with Gasteiger partial charge in [0, 0.05) is 24.8 Å². The van der Waals surface area contributed by atoms with Crippen molar-refractivity contribution in [3.8, 4) is 0 Å². The Kier molecular flexibility index (Phi) is 2.72. The predicted molar refractivity (Wildman–Crippen MR) is 55.1 cm³/mol. The molecule has 1 aliphatic heterocycles. The van der Waals surface area contributed by atoms with Gasteiger partial charge >= 0.3 is 0 Å². The summed E-state index contributed by atoms with van der Waals surface area (Å²) in [6.07, 6.45) is 2.89. The highest BCUT2D eigenvalue weighted by Crippen LogP contribution is 2.18. The minimum absolute atomic E-state index is 0.886. The smallest absolute Gasteiger partial charge is 0.241 e. The normalized spacial score (nSPS) is 18.3. The van der Waals surface area contributed by atoms with Crippen molar-refractivity contribution in [2.75, 3.05) is 6.54 Å². The zero-order valence-electron chi connectivity index (χ0n) is 8.35. The first-order valence-electron chi connectivity index (χ1n) is 4.37. The van der Waals surface area contributed by atoms with Gasteiger partial charge in [-0.15, -0.1) is 0 Å². The highest BCUT2D eigenvalue weighted by atomic mass is 28.4. The maximum Gasteiger partial charge on any atom is 0.241 e. The summed E-state index contributed by atoms with van der Waals surface area (Å²) in [5.41, 5.74) is 1.20. The SMILES string of the molecule is CC1=C(O[Si](C)(C)C)CCN=C1. The van der Waals surface area contributed by atoms with Crippen LogP contribution in [0.2, 0.25) is 19.6 Å². The molecule has 0 atom stereocenters. The molecule has 1 rings (SSSR count). The second-order valence-electron chi connectivity index (χ2n) is 4.11. The van der Waals surface area contributed by atoms with Gasteiger partial charge in [0.15, 0.2) is 0 Å². The molecule has 3 heteroatoms. The van der Waals surface area contributed by atoms with Crippen molar-refractivity contribution in [2.24, 2.45) is 4.99 Å². The Morgan fingerprint density at radius 2 is 2.08 bits per heavy atom. The van der Waals surface area contributed by atoms with Crippen LogP contribution in [0.3, 0.4) is 0 Å². The average molecular weight is 183 g/mol. The maximum atomic E-state index is 5.92. The van der Waals surface area contributed by atoms with Gasteiger partial charge < -0.3 is 4.43 Å². The lowest BCUT2D eigenvalue weighted by atomic mass is 10.2. The topological polar surface area (TPSA) is 21.6 Å². The zero-order chi connectivity index (χ0) is 9.19. The van der Waals surface area contributed by atoms with Gasteiger partial charge in [-0.2, -0.15) is 0 Å². The van der Waals surface area contributed by atoms with Crippen molar-refractivity contribution < 1.29 is 4.43 Å². The number of aliphatic imine (C=N–C) groups is 1. The number of rotatable bonds is 2. The third kappa shape index (κ3) is 2.81. The molecular weight excluding hydrogens is 166 g/mol. The molecule has 0 spiro atoms. The molecule has 0 radical (unpaired) electrons. The van der Waals surface area contributed by atoms with E-state index in [2.05, 4.69) is 31.6 Å². The number of nitrogens with zero attached hydrogens (tertiary/aromatic N) is 1. The maximum absolute atomic E-state index is 5.92. The molecule has 0 saturated carbocycles. The van der Waals surface area contributed by atoms with Gasteiger partial charge in [-0.3, -0.25) is 4.99 Å². The van der Waals surface area contributed by atoms with Crippen LogP contribution in [0.4, 0.5) is 0 Å². The van der Waals surface area contributed by atoms with E-state index in [1.807, 2.05) is 6.21 Å². The summed E-state index contributed by atoms with van der Waals surface area (Å²) >= 11 is 0. The van der Waals surface area contributed by atoms with Crippen LogP contribution in [0, 0.1) is 0 Å². The first kappa shape index (κ1) is 9.51. The molecule has 68 valence electrons. The van der Waals surface area contributed by atoms with Crippen molar-refractivity contribution in [3.05, 3.63) is 11.3 Å². The predicted octanol–water partition coefficient (Wildman–Crippen LogP) is 2.59. The lowest BCUT2D eigenvalue weighted by molar-refractivity contribution is 0.396. The fourth-order valence-electron chi connectivity index (χ4n) is 1.14. The van der Waals surface area contributed by atoms with Gasteiger partial charge in [0.2, 0.25) is 8.32 Å². The van der Waals surface area contributed by atoms with Crippen LogP contribution in [0.25, 0.3) is 0 Å². The molecular formula is C9H17NOSi. The molecule has 0 aliphatic carbocycles. The fourth-order valence-corrected chi connectivity index (χ4v) is 2.14. The van der Waals surface area contributed by atoms with E-state index in [4.69, 9.17) is 4.43 Å². The molecule has 1 heterocycles. The summed E-state index contributed by atoms with van der Waals surface area (Å²) < 4.78 is 5.92. The molecule has 0 saturated heterocycles. The summed E-state index contributed by atoms with van der Waals surface area (Å²) in [5, 5.41) is 0. The van der Waals surface area contributed by atoms with Gasteiger partial charge in [-0.25, -0.2) is 0 Å². The van der Waals surface area contributed by atoms with Crippen LogP contribution in [-0.2, 0) is 4.43 Å². The molecule has 2 nitrogen and oxygen atoms in total. The van der Waals surface area contributed by atoms with E-state index in [1.165, 1.54) is 5.57 Å². The van der Waals surface area contributed by atoms with Gasteiger partial charge in [0.05, 0.1) is 5.76 Å².